The Morgan fingerprint density at radius 2 is 2.29 bits per heavy atom. The van der Waals surface area contributed by atoms with Crippen LogP contribution in [0, 0.1) is 11.3 Å². The first kappa shape index (κ1) is 14.0. The number of ether oxygens (including phenoxy) is 1. The van der Waals surface area contributed by atoms with Gasteiger partial charge in [0.2, 0.25) is 0 Å². The van der Waals surface area contributed by atoms with Crippen LogP contribution in [0.25, 0.3) is 0 Å². The summed E-state index contributed by atoms with van der Waals surface area (Å²) in [6, 6.07) is 7.43. The second-order valence-electron chi connectivity index (χ2n) is 3.77. The molecule has 0 aliphatic rings. The highest BCUT2D eigenvalue weighted by molar-refractivity contribution is 9.10. The van der Waals surface area contributed by atoms with Gasteiger partial charge in [0.15, 0.2) is 0 Å². The van der Waals surface area contributed by atoms with Gasteiger partial charge in [0.25, 0.3) is 0 Å². The lowest BCUT2D eigenvalue weighted by Gasteiger charge is -2.23. The maximum Gasteiger partial charge on any atom is 0.0992 e. The van der Waals surface area contributed by atoms with Crippen molar-refractivity contribution in [2.45, 2.75) is 6.10 Å². The summed E-state index contributed by atoms with van der Waals surface area (Å²) >= 11 is 3.41. The molecule has 0 aromatic heterocycles. The van der Waals surface area contributed by atoms with Gasteiger partial charge in [0.05, 0.1) is 30.0 Å². The molecule has 92 valence electrons. The van der Waals surface area contributed by atoms with E-state index in [-0.39, 0.29) is 0 Å². The van der Waals surface area contributed by atoms with Gasteiger partial charge < -0.3 is 14.7 Å². The summed E-state index contributed by atoms with van der Waals surface area (Å²) in [6.07, 6.45) is -0.535. The van der Waals surface area contributed by atoms with Crippen LogP contribution in [-0.4, -0.2) is 38.5 Å². The number of rotatable bonds is 5. The highest BCUT2D eigenvalue weighted by atomic mass is 79.9. The first-order valence-electron chi connectivity index (χ1n) is 5.16. The van der Waals surface area contributed by atoms with Crippen molar-refractivity contribution in [1.82, 2.24) is 0 Å². The van der Waals surface area contributed by atoms with Crippen LogP contribution >= 0.6 is 15.9 Å². The van der Waals surface area contributed by atoms with Gasteiger partial charge in [0.1, 0.15) is 0 Å². The topological polar surface area (TPSA) is 56.5 Å². The summed E-state index contributed by atoms with van der Waals surface area (Å²) in [5.41, 5.74) is 1.53. The normalized spacial score (nSPS) is 11.9. The molecule has 0 heterocycles. The lowest BCUT2D eigenvalue weighted by Crippen LogP contribution is -2.32. The third-order valence-electron chi connectivity index (χ3n) is 2.33. The van der Waals surface area contributed by atoms with Crippen molar-refractivity contribution < 1.29 is 9.84 Å². The van der Waals surface area contributed by atoms with E-state index < -0.39 is 6.10 Å². The smallest absolute Gasteiger partial charge is 0.0992 e. The van der Waals surface area contributed by atoms with Gasteiger partial charge in [0, 0.05) is 25.2 Å². The van der Waals surface area contributed by atoms with Crippen molar-refractivity contribution in [3.63, 3.8) is 0 Å². The molecule has 17 heavy (non-hydrogen) atoms. The van der Waals surface area contributed by atoms with E-state index in [1.807, 2.05) is 18.0 Å². The van der Waals surface area contributed by atoms with E-state index in [1.54, 1.807) is 19.2 Å². The van der Waals surface area contributed by atoms with Crippen LogP contribution in [0.1, 0.15) is 5.56 Å². The Labute approximate surface area is 110 Å². The molecule has 0 saturated heterocycles. The van der Waals surface area contributed by atoms with Crippen LogP contribution in [0.3, 0.4) is 0 Å². The summed E-state index contributed by atoms with van der Waals surface area (Å²) in [7, 11) is 3.44. The minimum atomic E-state index is -0.535. The number of benzene rings is 1. The lowest BCUT2D eigenvalue weighted by atomic mass is 10.2. The fraction of sp³-hybridized carbons (Fsp3) is 0.417. The molecule has 0 amide bonds. The number of anilines is 1. The molecule has 0 saturated carbocycles. The summed E-state index contributed by atoms with van der Waals surface area (Å²) in [6.45, 7) is 0.774. The molecule has 4 nitrogen and oxygen atoms in total. The van der Waals surface area contributed by atoms with Gasteiger partial charge in [-0.15, -0.1) is 0 Å². The average molecular weight is 299 g/mol. The minimum absolute atomic E-state index is 0.304. The summed E-state index contributed by atoms with van der Waals surface area (Å²) in [4.78, 5) is 1.91. The highest BCUT2D eigenvalue weighted by Gasteiger charge is 2.11. The zero-order valence-corrected chi connectivity index (χ0v) is 11.4. The van der Waals surface area contributed by atoms with E-state index in [1.165, 1.54) is 0 Å². The number of nitrogens with zero attached hydrogens (tertiary/aromatic N) is 2. The van der Waals surface area contributed by atoms with Crippen molar-refractivity contribution in [3.05, 3.63) is 28.2 Å². The molecule has 1 N–H and O–H groups in total. The molecule has 1 aromatic rings. The summed E-state index contributed by atoms with van der Waals surface area (Å²) in [5, 5.41) is 18.4. The van der Waals surface area contributed by atoms with Crippen molar-refractivity contribution in [2.24, 2.45) is 0 Å². The number of hydrogen-bond donors (Lipinski definition) is 1. The lowest BCUT2D eigenvalue weighted by molar-refractivity contribution is 0.0695. The number of hydrogen-bond acceptors (Lipinski definition) is 4. The molecule has 1 rings (SSSR count). The van der Waals surface area contributed by atoms with Crippen molar-refractivity contribution in [2.75, 3.05) is 32.2 Å². The third-order valence-corrected chi connectivity index (χ3v) is 2.97. The van der Waals surface area contributed by atoms with Crippen LogP contribution < -0.4 is 4.90 Å². The Hall–Kier alpha value is -1.09. The van der Waals surface area contributed by atoms with Crippen LogP contribution in [0.2, 0.25) is 0 Å². The molecule has 0 bridgehead atoms. The molecule has 0 fully saturated rings. The zero-order valence-electron chi connectivity index (χ0n) is 9.85. The Balaban J connectivity index is 2.76. The Morgan fingerprint density at radius 3 is 2.82 bits per heavy atom. The zero-order chi connectivity index (χ0) is 12.8. The Bertz CT molecular complexity index is 417. The van der Waals surface area contributed by atoms with E-state index in [9.17, 15) is 5.11 Å². The van der Waals surface area contributed by atoms with Crippen molar-refractivity contribution in [1.29, 1.82) is 5.26 Å². The first-order chi connectivity index (χ1) is 8.08. The molecule has 1 unspecified atom stereocenters. The van der Waals surface area contributed by atoms with E-state index in [2.05, 4.69) is 22.0 Å². The highest BCUT2D eigenvalue weighted by Crippen LogP contribution is 2.26. The van der Waals surface area contributed by atoms with E-state index in [0.29, 0.717) is 18.7 Å². The number of methoxy groups -OCH3 is 1. The fourth-order valence-corrected chi connectivity index (χ4v) is 2.23. The number of likely N-dealkylation sites (N-methyl/N-ethyl adjacent to an activating group) is 1. The minimum Gasteiger partial charge on any atom is -0.389 e. The SMILES string of the molecule is COCC(O)CN(C)c1ccc(C#N)cc1Br. The van der Waals surface area contributed by atoms with E-state index in [0.717, 1.165) is 10.2 Å². The molecule has 1 aromatic carbocycles. The molecular formula is C12H15BrN2O2. The summed E-state index contributed by atoms with van der Waals surface area (Å²) < 4.78 is 5.71. The molecule has 1 atom stereocenters. The fourth-order valence-electron chi connectivity index (χ4n) is 1.55. The van der Waals surface area contributed by atoms with Crippen LogP contribution in [0.4, 0.5) is 5.69 Å². The van der Waals surface area contributed by atoms with E-state index >= 15 is 0 Å². The standard InChI is InChI=1S/C12H15BrN2O2/c1-15(7-10(16)8-17-2)12-4-3-9(6-14)5-11(12)13/h3-5,10,16H,7-8H2,1-2H3. The van der Waals surface area contributed by atoms with Crippen LogP contribution in [-0.2, 0) is 4.74 Å². The maximum atomic E-state index is 9.64. The van der Waals surface area contributed by atoms with Gasteiger partial charge in [-0.05, 0) is 34.1 Å². The number of aliphatic hydroxyl groups excluding tert-OH is 1. The van der Waals surface area contributed by atoms with Crippen LogP contribution in [0.15, 0.2) is 22.7 Å². The van der Waals surface area contributed by atoms with Gasteiger partial charge in [-0.25, -0.2) is 0 Å². The predicted octanol–water partition coefficient (Wildman–Crippen LogP) is 1.76. The van der Waals surface area contributed by atoms with Gasteiger partial charge in [-0.1, -0.05) is 0 Å². The second-order valence-corrected chi connectivity index (χ2v) is 4.62. The molecule has 0 aliphatic heterocycles. The quantitative estimate of drug-likeness (QED) is 0.900. The van der Waals surface area contributed by atoms with E-state index in [4.69, 9.17) is 10.00 Å². The first-order valence-corrected chi connectivity index (χ1v) is 5.95. The molecule has 0 radical (unpaired) electrons. The van der Waals surface area contributed by atoms with Gasteiger partial charge in [-0.3, -0.25) is 0 Å². The van der Waals surface area contributed by atoms with Crippen molar-refractivity contribution >= 4 is 21.6 Å². The second kappa shape index (κ2) is 6.60. The summed E-state index contributed by atoms with van der Waals surface area (Å²) in [5.74, 6) is 0. The number of nitriles is 1. The van der Waals surface area contributed by atoms with Gasteiger partial charge >= 0.3 is 0 Å². The number of halogens is 1. The third kappa shape index (κ3) is 4.00. The Kier molecular flexibility index (Phi) is 5.42. The van der Waals surface area contributed by atoms with Gasteiger partial charge in [-0.2, -0.15) is 5.26 Å². The molecule has 0 aliphatic carbocycles. The maximum absolute atomic E-state index is 9.64. The van der Waals surface area contributed by atoms with Crippen molar-refractivity contribution in [3.8, 4) is 6.07 Å². The predicted molar refractivity (Wildman–Crippen MR) is 70.0 cm³/mol. The monoisotopic (exact) mass is 298 g/mol. The molecular weight excluding hydrogens is 284 g/mol. The Morgan fingerprint density at radius 1 is 1.59 bits per heavy atom. The molecule has 5 heteroatoms. The number of aliphatic hydroxyl groups is 1. The van der Waals surface area contributed by atoms with Crippen LogP contribution in [0.5, 0.6) is 0 Å². The molecule has 0 spiro atoms. The average Bonchev–Trinajstić information content (AvgIpc) is 2.28. The largest absolute Gasteiger partial charge is 0.389 e.